The Kier molecular flexibility index (Phi) is 6.11. The minimum absolute atomic E-state index is 0.162. The van der Waals surface area contributed by atoms with Crippen molar-refractivity contribution in [1.82, 2.24) is 19.8 Å². The molecule has 4 rings (SSSR count). The summed E-state index contributed by atoms with van der Waals surface area (Å²) in [5.74, 6) is 1.54. The second-order valence-corrected chi connectivity index (χ2v) is 8.41. The van der Waals surface area contributed by atoms with Crippen LogP contribution >= 0.6 is 0 Å². The van der Waals surface area contributed by atoms with Gasteiger partial charge in [0.25, 0.3) is 0 Å². The minimum atomic E-state index is 0.162. The zero-order valence-electron chi connectivity index (χ0n) is 17.3. The molecule has 0 bridgehead atoms. The molecule has 0 N–H and O–H groups in total. The zero-order valence-corrected chi connectivity index (χ0v) is 17.3. The van der Waals surface area contributed by atoms with Crippen LogP contribution in [0.4, 0.5) is 5.82 Å². The third-order valence-electron chi connectivity index (χ3n) is 6.46. The SMILES string of the molecule is Cc1cnc(C)c(N2CCC(N3CCC[C@H](C(=O)N4CCOCC4)C3)CC2)n1. The lowest BCUT2D eigenvalue weighted by Gasteiger charge is -2.43. The Labute approximate surface area is 168 Å². The van der Waals surface area contributed by atoms with Gasteiger partial charge in [0.1, 0.15) is 5.82 Å². The largest absolute Gasteiger partial charge is 0.378 e. The lowest BCUT2D eigenvalue weighted by atomic mass is 9.92. The molecular weight excluding hydrogens is 354 g/mol. The summed E-state index contributed by atoms with van der Waals surface area (Å²) in [5.41, 5.74) is 1.99. The van der Waals surface area contributed by atoms with Gasteiger partial charge in [-0.2, -0.15) is 0 Å². The van der Waals surface area contributed by atoms with E-state index in [-0.39, 0.29) is 5.92 Å². The second-order valence-electron chi connectivity index (χ2n) is 8.41. The number of nitrogens with zero attached hydrogens (tertiary/aromatic N) is 5. The van der Waals surface area contributed by atoms with E-state index in [1.54, 1.807) is 0 Å². The molecule has 3 saturated heterocycles. The lowest BCUT2D eigenvalue weighted by Crippen LogP contribution is -2.52. The van der Waals surface area contributed by atoms with E-state index in [2.05, 4.69) is 14.8 Å². The Balaban J connectivity index is 1.33. The van der Waals surface area contributed by atoms with E-state index < -0.39 is 0 Å². The van der Waals surface area contributed by atoms with Crippen molar-refractivity contribution >= 4 is 11.7 Å². The quantitative estimate of drug-likeness (QED) is 0.786. The van der Waals surface area contributed by atoms with Crippen molar-refractivity contribution in [2.24, 2.45) is 5.92 Å². The number of aromatic nitrogens is 2. The van der Waals surface area contributed by atoms with Gasteiger partial charge in [-0.15, -0.1) is 0 Å². The van der Waals surface area contributed by atoms with Crippen LogP contribution in [0.2, 0.25) is 0 Å². The summed E-state index contributed by atoms with van der Waals surface area (Å²) in [4.78, 5) is 29.1. The van der Waals surface area contributed by atoms with E-state index in [1.165, 1.54) is 0 Å². The van der Waals surface area contributed by atoms with Crippen molar-refractivity contribution in [3.05, 3.63) is 17.6 Å². The van der Waals surface area contributed by atoms with Gasteiger partial charge in [0.2, 0.25) is 5.91 Å². The van der Waals surface area contributed by atoms with Crippen LogP contribution < -0.4 is 4.90 Å². The molecule has 7 nitrogen and oxygen atoms in total. The summed E-state index contributed by atoms with van der Waals surface area (Å²) in [6.45, 7) is 11.0. The van der Waals surface area contributed by atoms with Crippen LogP contribution in [0.1, 0.15) is 37.1 Å². The Morgan fingerprint density at radius 3 is 2.57 bits per heavy atom. The van der Waals surface area contributed by atoms with E-state index >= 15 is 0 Å². The summed E-state index contributed by atoms with van der Waals surface area (Å²) in [7, 11) is 0. The summed E-state index contributed by atoms with van der Waals surface area (Å²) < 4.78 is 5.40. The van der Waals surface area contributed by atoms with E-state index in [0.717, 1.165) is 82.2 Å². The topological polar surface area (TPSA) is 61.8 Å². The molecular formula is C21H33N5O2. The summed E-state index contributed by atoms with van der Waals surface area (Å²) >= 11 is 0. The second kappa shape index (κ2) is 8.74. The summed E-state index contributed by atoms with van der Waals surface area (Å²) in [6.07, 6.45) is 6.26. The number of piperidine rings is 2. The Morgan fingerprint density at radius 1 is 1.07 bits per heavy atom. The lowest BCUT2D eigenvalue weighted by molar-refractivity contribution is -0.141. The van der Waals surface area contributed by atoms with Gasteiger partial charge in [-0.1, -0.05) is 0 Å². The van der Waals surface area contributed by atoms with Gasteiger partial charge in [0.15, 0.2) is 0 Å². The van der Waals surface area contributed by atoms with Crippen LogP contribution in [0, 0.1) is 19.8 Å². The average Bonchev–Trinajstić information content (AvgIpc) is 2.76. The van der Waals surface area contributed by atoms with Gasteiger partial charge < -0.3 is 14.5 Å². The molecule has 3 aliphatic rings. The first-order chi connectivity index (χ1) is 13.6. The molecule has 4 heterocycles. The first-order valence-electron chi connectivity index (χ1n) is 10.8. The van der Waals surface area contributed by atoms with Gasteiger partial charge in [-0.05, 0) is 46.1 Å². The van der Waals surface area contributed by atoms with Crippen molar-refractivity contribution in [2.45, 2.75) is 45.6 Å². The molecule has 0 saturated carbocycles. The summed E-state index contributed by atoms with van der Waals surface area (Å²) in [5, 5.41) is 0. The molecule has 0 radical (unpaired) electrons. The van der Waals surface area contributed by atoms with Crippen LogP contribution in [0.5, 0.6) is 0 Å². The number of hydrogen-bond donors (Lipinski definition) is 0. The molecule has 0 unspecified atom stereocenters. The van der Waals surface area contributed by atoms with Crippen molar-refractivity contribution in [3.8, 4) is 0 Å². The fourth-order valence-corrected chi connectivity index (χ4v) is 4.85. The molecule has 1 amide bonds. The highest BCUT2D eigenvalue weighted by atomic mass is 16.5. The molecule has 0 aliphatic carbocycles. The molecule has 28 heavy (non-hydrogen) atoms. The molecule has 1 aromatic rings. The number of ether oxygens (including phenoxy) is 1. The van der Waals surface area contributed by atoms with Crippen molar-refractivity contribution in [3.63, 3.8) is 0 Å². The Bertz CT molecular complexity index is 683. The first-order valence-corrected chi connectivity index (χ1v) is 10.8. The number of amides is 1. The van der Waals surface area contributed by atoms with Gasteiger partial charge in [-0.25, -0.2) is 4.98 Å². The fourth-order valence-electron chi connectivity index (χ4n) is 4.85. The number of carbonyl (C=O) groups excluding carboxylic acids is 1. The molecule has 7 heteroatoms. The van der Waals surface area contributed by atoms with E-state index in [4.69, 9.17) is 9.72 Å². The Morgan fingerprint density at radius 2 is 1.82 bits per heavy atom. The smallest absolute Gasteiger partial charge is 0.227 e. The molecule has 3 aliphatic heterocycles. The van der Waals surface area contributed by atoms with Gasteiger partial charge in [0.05, 0.1) is 30.5 Å². The minimum Gasteiger partial charge on any atom is -0.378 e. The molecule has 1 atom stereocenters. The molecule has 0 spiro atoms. The molecule has 0 aromatic carbocycles. The van der Waals surface area contributed by atoms with E-state index in [9.17, 15) is 4.79 Å². The standard InChI is InChI=1S/C21H33N5O2/c1-16-14-22-17(2)20(23-16)24-8-5-19(6-9-24)26-7-3-4-18(15-26)21(27)25-10-12-28-13-11-25/h14,18-19H,3-13,15H2,1-2H3/t18-/m0/s1. The molecule has 1 aromatic heterocycles. The fraction of sp³-hybridized carbons (Fsp3) is 0.762. The van der Waals surface area contributed by atoms with Crippen molar-refractivity contribution < 1.29 is 9.53 Å². The highest BCUT2D eigenvalue weighted by Gasteiger charge is 2.34. The van der Waals surface area contributed by atoms with Crippen molar-refractivity contribution in [1.29, 1.82) is 0 Å². The predicted octanol–water partition coefficient (Wildman–Crippen LogP) is 1.63. The van der Waals surface area contributed by atoms with Crippen LogP contribution in [0.15, 0.2) is 6.20 Å². The maximum Gasteiger partial charge on any atom is 0.227 e. The Hall–Kier alpha value is -1.73. The third kappa shape index (κ3) is 4.30. The van der Waals surface area contributed by atoms with E-state index in [1.807, 2.05) is 24.9 Å². The van der Waals surface area contributed by atoms with Crippen LogP contribution in [-0.4, -0.2) is 84.2 Å². The maximum absolute atomic E-state index is 12.9. The number of aryl methyl sites for hydroxylation is 2. The van der Waals surface area contributed by atoms with Gasteiger partial charge in [-0.3, -0.25) is 14.7 Å². The normalized spacial score (nSPS) is 25.1. The molecule has 3 fully saturated rings. The number of rotatable bonds is 3. The van der Waals surface area contributed by atoms with Crippen LogP contribution in [-0.2, 0) is 9.53 Å². The van der Waals surface area contributed by atoms with Crippen LogP contribution in [0.3, 0.4) is 0 Å². The summed E-state index contributed by atoms with van der Waals surface area (Å²) in [6, 6.07) is 0.578. The average molecular weight is 388 g/mol. The number of anilines is 1. The number of carbonyl (C=O) groups is 1. The highest BCUT2D eigenvalue weighted by molar-refractivity contribution is 5.79. The monoisotopic (exact) mass is 387 g/mol. The number of morpholine rings is 1. The number of likely N-dealkylation sites (tertiary alicyclic amines) is 1. The van der Waals surface area contributed by atoms with Gasteiger partial charge >= 0.3 is 0 Å². The molecule has 154 valence electrons. The predicted molar refractivity (Wildman–Crippen MR) is 108 cm³/mol. The number of hydrogen-bond acceptors (Lipinski definition) is 6. The zero-order chi connectivity index (χ0) is 19.5. The van der Waals surface area contributed by atoms with E-state index in [0.29, 0.717) is 25.2 Å². The van der Waals surface area contributed by atoms with Crippen LogP contribution in [0.25, 0.3) is 0 Å². The highest BCUT2D eigenvalue weighted by Crippen LogP contribution is 2.27. The van der Waals surface area contributed by atoms with Crippen molar-refractivity contribution in [2.75, 3.05) is 57.4 Å². The first kappa shape index (κ1) is 19.6. The van der Waals surface area contributed by atoms with Gasteiger partial charge in [0, 0.05) is 45.0 Å². The third-order valence-corrected chi connectivity index (χ3v) is 6.46. The maximum atomic E-state index is 12.9.